The minimum atomic E-state index is 0.615. The van der Waals surface area contributed by atoms with Gasteiger partial charge in [-0.25, -0.2) is 0 Å². The Bertz CT molecular complexity index is 1220. The summed E-state index contributed by atoms with van der Waals surface area (Å²) in [4.78, 5) is 0. The zero-order valence-corrected chi connectivity index (χ0v) is 19.5. The maximum absolute atomic E-state index is 8.42. The minimum absolute atomic E-state index is 0.615. The predicted molar refractivity (Wildman–Crippen MR) is 141 cm³/mol. The average Bonchev–Trinajstić information content (AvgIpc) is 2.83. The Morgan fingerprint density at radius 1 is 0.515 bits per heavy atom. The molecule has 0 aliphatic carbocycles. The molecule has 0 unspecified atom stereocenters. The van der Waals surface area contributed by atoms with Gasteiger partial charge in [-0.05, 0) is 66.5 Å². The maximum Gasteiger partial charge on any atom is 0.0360 e. The highest BCUT2D eigenvalue weighted by Gasteiger charge is 2.10. The van der Waals surface area contributed by atoms with Crippen LogP contribution in [0.1, 0.15) is 47.2 Å². The lowest BCUT2D eigenvalue weighted by Gasteiger charge is -2.13. The standard InChI is InChI=1S/C32H31N/c1-24(21-28-13-15-29(16-14-28)22-26-9-5-3-6-10-26)32(25(2)33)31-19-17-30(18-20-31)23-27-11-7-4-8-12-27/h3-20,33H,21-23H2,1-2H3. The highest BCUT2D eigenvalue weighted by molar-refractivity contribution is 6.22. The highest BCUT2D eigenvalue weighted by atomic mass is 14.4. The van der Waals surface area contributed by atoms with E-state index in [4.69, 9.17) is 5.41 Å². The van der Waals surface area contributed by atoms with Crippen LogP contribution in [0, 0.1) is 5.41 Å². The van der Waals surface area contributed by atoms with Crippen LogP contribution in [0.2, 0.25) is 0 Å². The van der Waals surface area contributed by atoms with Crippen LogP contribution in [0.15, 0.2) is 115 Å². The third-order valence-corrected chi connectivity index (χ3v) is 6.04. The topological polar surface area (TPSA) is 23.9 Å². The zero-order chi connectivity index (χ0) is 23.0. The number of nitrogens with one attached hydrogen (secondary N) is 1. The number of benzene rings is 4. The third-order valence-electron chi connectivity index (χ3n) is 6.04. The normalized spacial score (nSPS) is 11.7. The molecule has 4 aromatic carbocycles. The first-order valence-electron chi connectivity index (χ1n) is 11.6. The van der Waals surface area contributed by atoms with E-state index in [2.05, 4.69) is 116 Å². The molecule has 1 nitrogen and oxygen atoms in total. The predicted octanol–water partition coefficient (Wildman–Crippen LogP) is 7.92. The first-order chi connectivity index (χ1) is 16.1. The second kappa shape index (κ2) is 10.7. The van der Waals surface area contributed by atoms with E-state index in [0.29, 0.717) is 5.71 Å². The van der Waals surface area contributed by atoms with Crippen LogP contribution in [0.5, 0.6) is 0 Å². The molecule has 0 aromatic heterocycles. The fourth-order valence-corrected chi connectivity index (χ4v) is 4.40. The molecule has 0 radical (unpaired) electrons. The van der Waals surface area contributed by atoms with Gasteiger partial charge in [0.1, 0.15) is 0 Å². The smallest absolute Gasteiger partial charge is 0.0360 e. The second-order valence-electron chi connectivity index (χ2n) is 8.80. The fraction of sp³-hybridized carbons (Fsp3) is 0.156. The van der Waals surface area contributed by atoms with Crippen LogP contribution >= 0.6 is 0 Å². The van der Waals surface area contributed by atoms with Crippen LogP contribution in [0.4, 0.5) is 0 Å². The summed E-state index contributed by atoms with van der Waals surface area (Å²) in [6, 6.07) is 38.7. The van der Waals surface area contributed by atoms with Crippen molar-refractivity contribution in [2.75, 3.05) is 0 Å². The molecule has 4 aromatic rings. The van der Waals surface area contributed by atoms with Crippen LogP contribution in [-0.4, -0.2) is 5.71 Å². The molecule has 4 rings (SSSR count). The molecule has 0 atom stereocenters. The first-order valence-corrected chi connectivity index (χ1v) is 11.6. The van der Waals surface area contributed by atoms with Gasteiger partial charge >= 0.3 is 0 Å². The Kier molecular flexibility index (Phi) is 7.32. The van der Waals surface area contributed by atoms with Crippen LogP contribution < -0.4 is 0 Å². The molecule has 0 bridgehead atoms. The van der Waals surface area contributed by atoms with Gasteiger partial charge in [-0.15, -0.1) is 0 Å². The van der Waals surface area contributed by atoms with Gasteiger partial charge < -0.3 is 5.41 Å². The quantitative estimate of drug-likeness (QED) is 0.275. The second-order valence-corrected chi connectivity index (χ2v) is 8.80. The molecule has 0 fully saturated rings. The van der Waals surface area contributed by atoms with Gasteiger partial charge in [-0.1, -0.05) is 115 Å². The van der Waals surface area contributed by atoms with Crippen LogP contribution in [-0.2, 0) is 19.3 Å². The molecular weight excluding hydrogens is 398 g/mol. The number of allylic oxidation sites excluding steroid dienone is 2. The van der Waals surface area contributed by atoms with E-state index < -0.39 is 0 Å². The van der Waals surface area contributed by atoms with E-state index in [-0.39, 0.29) is 0 Å². The largest absolute Gasteiger partial charge is 0.305 e. The molecule has 0 amide bonds. The SMILES string of the molecule is CC(=N)C(=C(C)Cc1ccc(Cc2ccccc2)cc1)c1ccc(Cc2ccccc2)cc1. The lowest BCUT2D eigenvalue weighted by Crippen LogP contribution is -2.02. The lowest BCUT2D eigenvalue weighted by molar-refractivity contribution is 1.13. The fourth-order valence-electron chi connectivity index (χ4n) is 4.40. The summed E-state index contributed by atoms with van der Waals surface area (Å²) in [6.45, 7) is 4.04. The van der Waals surface area contributed by atoms with Crippen molar-refractivity contribution in [1.29, 1.82) is 5.41 Å². The lowest BCUT2D eigenvalue weighted by atomic mass is 9.91. The summed E-state index contributed by atoms with van der Waals surface area (Å²) >= 11 is 0. The molecule has 1 heteroatoms. The van der Waals surface area contributed by atoms with Crippen LogP contribution in [0.25, 0.3) is 5.57 Å². The van der Waals surface area contributed by atoms with E-state index in [0.717, 1.165) is 30.4 Å². The molecule has 0 saturated heterocycles. The molecule has 0 heterocycles. The van der Waals surface area contributed by atoms with Gasteiger partial charge in [-0.2, -0.15) is 0 Å². The molecule has 33 heavy (non-hydrogen) atoms. The molecule has 0 spiro atoms. The first kappa shape index (κ1) is 22.5. The average molecular weight is 430 g/mol. The van der Waals surface area contributed by atoms with Crippen LogP contribution in [0.3, 0.4) is 0 Å². The van der Waals surface area contributed by atoms with Crippen molar-refractivity contribution in [1.82, 2.24) is 0 Å². The molecule has 164 valence electrons. The summed E-state index contributed by atoms with van der Waals surface area (Å²) in [6.07, 6.45) is 2.73. The van der Waals surface area contributed by atoms with Crippen molar-refractivity contribution in [3.63, 3.8) is 0 Å². The number of rotatable bonds is 8. The van der Waals surface area contributed by atoms with Gasteiger partial charge in [0.05, 0.1) is 0 Å². The monoisotopic (exact) mass is 429 g/mol. The molecule has 0 saturated carbocycles. The van der Waals surface area contributed by atoms with Crippen molar-refractivity contribution in [3.8, 4) is 0 Å². The van der Waals surface area contributed by atoms with Gasteiger partial charge in [0.15, 0.2) is 0 Å². The van der Waals surface area contributed by atoms with Crippen molar-refractivity contribution < 1.29 is 0 Å². The highest BCUT2D eigenvalue weighted by Crippen LogP contribution is 2.24. The van der Waals surface area contributed by atoms with E-state index in [1.54, 1.807) is 0 Å². The summed E-state index contributed by atoms with van der Waals surface area (Å²) in [5.41, 5.74) is 10.6. The Balaban J connectivity index is 1.48. The summed E-state index contributed by atoms with van der Waals surface area (Å²) in [7, 11) is 0. The summed E-state index contributed by atoms with van der Waals surface area (Å²) < 4.78 is 0. The van der Waals surface area contributed by atoms with Gasteiger partial charge in [-0.3, -0.25) is 0 Å². The molecular formula is C32H31N. The molecule has 0 aliphatic heterocycles. The number of hydrogen-bond acceptors (Lipinski definition) is 1. The Labute approximate surface area is 198 Å². The summed E-state index contributed by atoms with van der Waals surface area (Å²) in [5, 5.41) is 8.42. The molecule has 1 N–H and O–H groups in total. The van der Waals surface area contributed by atoms with Crippen molar-refractivity contribution in [3.05, 3.63) is 148 Å². The van der Waals surface area contributed by atoms with E-state index in [1.165, 1.54) is 33.4 Å². The summed E-state index contributed by atoms with van der Waals surface area (Å²) in [5.74, 6) is 0. The van der Waals surface area contributed by atoms with E-state index >= 15 is 0 Å². The Morgan fingerprint density at radius 3 is 1.36 bits per heavy atom. The van der Waals surface area contributed by atoms with Crippen molar-refractivity contribution in [2.24, 2.45) is 0 Å². The maximum atomic E-state index is 8.42. The van der Waals surface area contributed by atoms with E-state index in [1.807, 2.05) is 6.92 Å². The van der Waals surface area contributed by atoms with Gasteiger partial charge in [0, 0.05) is 11.3 Å². The minimum Gasteiger partial charge on any atom is -0.305 e. The van der Waals surface area contributed by atoms with E-state index in [9.17, 15) is 0 Å². The van der Waals surface area contributed by atoms with Crippen molar-refractivity contribution in [2.45, 2.75) is 33.1 Å². The van der Waals surface area contributed by atoms with Crippen molar-refractivity contribution >= 4 is 11.3 Å². The Hall–Kier alpha value is -3.71. The zero-order valence-electron chi connectivity index (χ0n) is 19.5. The number of hydrogen-bond donors (Lipinski definition) is 1. The van der Waals surface area contributed by atoms with Gasteiger partial charge in [0.25, 0.3) is 0 Å². The molecule has 0 aliphatic rings. The van der Waals surface area contributed by atoms with Gasteiger partial charge in [0.2, 0.25) is 0 Å². The Morgan fingerprint density at radius 2 is 0.909 bits per heavy atom. The third kappa shape index (κ3) is 6.17.